The van der Waals surface area contributed by atoms with Crippen LogP contribution in [0.2, 0.25) is 0 Å². The van der Waals surface area contributed by atoms with E-state index in [0.29, 0.717) is 6.42 Å². The molecule has 2 rings (SSSR count). The number of aliphatic hydroxyl groups is 1. The monoisotopic (exact) mass is 314 g/mol. The van der Waals surface area contributed by atoms with E-state index >= 15 is 0 Å². The number of rotatable bonds is 4. The molecule has 5 heteroatoms. The van der Waals surface area contributed by atoms with Crippen LogP contribution < -0.4 is 5.32 Å². The number of hydrogen-bond acceptors (Lipinski definition) is 4. The second-order valence-corrected chi connectivity index (χ2v) is 5.37. The number of nitrogens with one attached hydrogen (secondary N) is 1. The number of benzene rings is 1. The van der Waals surface area contributed by atoms with E-state index < -0.39 is 0 Å². The van der Waals surface area contributed by atoms with Gasteiger partial charge in [0.25, 0.3) is 0 Å². The van der Waals surface area contributed by atoms with Gasteiger partial charge in [0, 0.05) is 43.3 Å². The summed E-state index contributed by atoms with van der Waals surface area (Å²) < 4.78 is 0.984. The molecule has 1 fully saturated rings. The maximum absolute atomic E-state index is 9.64. The molecule has 100 valence electrons. The Morgan fingerprint density at radius 1 is 1.33 bits per heavy atom. The molecule has 0 unspecified atom stereocenters. The molecule has 3 N–H and O–H groups in total. The van der Waals surface area contributed by atoms with Crippen LogP contribution in [0.15, 0.2) is 22.7 Å². The predicted molar refractivity (Wildman–Crippen MR) is 74.7 cm³/mol. The topological polar surface area (TPSA) is 55.7 Å². The third kappa shape index (κ3) is 3.23. The number of phenols is 1. The molecule has 0 aromatic heterocycles. The molecule has 1 heterocycles. The Morgan fingerprint density at radius 3 is 2.72 bits per heavy atom. The van der Waals surface area contributed by atoms with Crippen molar-refractivity contribution in [3.8, 4) is 5.75 Å². The fourth-order valence-electron chi connectivity index (χ4n) is 2.44. The number of nitrogens with zero attached hydrogens (tertiary/aromatic N) is 1. The summed E-state index contributed by atoms with van der Waals surface area (Å²) in [6, 6.07) is 5.46. The van der Waals surface area contributed by atoms with E-state index in [1.165, 1.54) is 0 Å². The van der Waals surface area contributed by atoms with E-state index in [1.54, 1.807) is 12.1 Å². The van der Waals surface area contributed by atoms with Crippen LogP contribution in [0.1, 0.15) is 18.0 Å². The third-order valence-corrected chi connectivity index (χ3v) is 4.06. The third-order valence-electron chi connectivity index (χ3n) is 3.33. The van der Waals surface area contributed by atoms with Gasteiger partial charge >= 0.3 is 0 Å². The second kappa shape index (κ2) is 6.52. The molecule has 0 amide bonds. The Labute approximate surface area is 116 Å². The van der Waals surface area contributed by atoms with Crippen LogP contribution in [0.5, 0.6) is 5.75 Å². The van der Waals surface area contributed by atoms with Crippen molar-refractivity contribution >= 4 is 15.9 Å². The Balaban J connectivity index is 2.24. The summed E-state index contributed by atoms with van der Waals surface area (Å²) >= 11 is 3.53. The highest BCUT2D eigenvalue weighted by atomic mass is 79.9. The van der Waals surface area contributed by atoms with Gasteiger partial charge in [-0.15, -0.1) is 0 Å². The van der Waals surface area contributed by atoms with E-state index in [2.05, 4.69) is 26.1 Å². The number of aliphatic hydroxyl groups excluding tert-OH is 1. The lowest BCUT2D eigenvalue weighted by molar-refractivity contribution is 0.140. The lowest BCUT2D eigenvalue weighted by Gasteiger charge is -2.35. The quantitative estimate of drug-likeness (QED) is 0.788. The highest BCUT2D eigenvalue weighted by molar-refractivity contribution is 9.10. The van der Waals surface area contributed by atoms with Crippen LogP contribution in [-0.2, 0) is 0 Å². The van der Waals surface area contributed by atoms with Crippen molar-refractivity contribution in [1.82, 2.24) is 10.2 Å². The molecule has 1 saturated heterocycles. The predicted octanol–water partition coefficient (Wildman–Crippen LogP) is 1.48. The van der Waals surface area contributed by atoms with Gasteiger partial charge in [0.05, 0.1) is 0 Å². The molecule has 1 atom stereocenters. The van der Waals surface area contributed by atoms with Gasteiger partial charge in [0.1, 0.15) is 5.75 Å². The minimum Gasteiger partial charge on any atom is -0.508 e. The van der Waals surface area contributed by atoms with E-state index in [1.807, 2.05) is 6.07 Å². The molecule has 1 aliphatic rings. The van der Waals surface area contributed by atoms with Crippen LogP contribution >= 0.6 is 15.9 Å². The Kier molecular flexibility index (Phi) is 5.00. The number of aromatic hydroxyl groups is 1. The van der Waals surface area contributed by atoms with Crippen LogP contribution in [0, 0.1) is 0 Å². The van der Waals surface area contributed by atoms with Crippen LogP contribution in [0.25, 0.3) is 0 Å². The van der Waals surface area contributed by atoms with Gasteiger partial charge in [-0.3, -0.25) is 4.90 Å². The summed E-state index contributed by atoms with van der Waals surface area (Å²) in [6.07, 6.45) is 0.683. The fraction of sp³-hybridized carbons (Fsp3) is 0.538. The van der Waals surface area contributed by atoms with Gasteiger partial charge in [0.15, 0.2) is 0 Å². The average Bonchev–Trinajstić information content (AvgIpc) is 2.40. The minimum absolute atomic E-state index is 0.149. The molecule has 0 spiro atoms. The smallest absolute Gasteiger partial charge is 0.115 e. The standard InChI is InChI=1S/C13H19BrN2O2/c14-12-2-1-10(18)9-11(12)13(3-8-17)16-6-4-15-5-7-16/h1-2,9,13,15,17-18H,3-8H2/t13-/m1/s1. The summed E-state index contributed by atoms with van der Waals surface area (Å²) in [7, 11) is 0. The number of piperazine rings is 1. The molecule has 1 aliphatic heterocycles. The van der Waals surface area contributed by atoms with Gasteiger partial charge < -0.3 is 15.5 Å². The van der Waals surface area contributed by atoms with Crippen LogP contribution in [0.3, 0.4) is 0 Å². The van der Waals surface area contributed by atoms with Crippen molar-refractivity contribution in [2.24, 2.45) is 0 Å². The van der Waals surface area contributed by atoms with E-state index in [4.69, 9.17) is 0 Å². The van der Waals surface area contributed by atoms with Crippen LogP contribution in [-0.4, -0.2) is 47.9 Å². The minimum atomic E-state index is 0.149. The van der Waals surface area contributed by atoms with E-state index in [-0.39, 0.29) is 18.4 Å². The zero-order valence-electron chi connectivity index (χ0n) is 10.3. The van der Waals surface area contributed by atoms with Gasteiger partial charge in [-0.2, -0.15) is 0 Å². The number of phenolic OH excluding ortho intramolecular Hbond substituents is 1. The summed E-state index contributed by atoms with van der Waals surface area (Å²) in [5.41, 5.74) is 1.05. The maximum atomic E-state index is 9.64. The van der Waals surface area contributed by atoms with Gasteiger partial charge in [0.2, 0.25) is 0 Å². The summed E-state index contributed by atoms with van der Waals surface area (Å²) in [6.45, 7) is 4.02. The largest absolute Gasteiger partial charge is 0.508 e. The first-order valence-electron chi connectivity index (χ1n) is 6.26. The Morgan fingerprint density at radius 2 is 2.06 bits per heavy atom. The molecular weight excluding hydrogens is 296 g/mol. The van der Waals surface area contributed by atoms with Crippen molar-refractivity contribution in [2.45, 2.75) is 12.5 Å². The first kappa shape index (κ1) is 13.8. The molecular formula is C13H19BrN2O2. The summed E-state index contributed by atoms with van der Waals surface area (Å²) in [5.74, 6) is 0.270. The first-order chi connectivity index (χ1) is 8.72. The molecule has 18 heavy (non-hydrogen) atoms. The normalized spacial score (nSPS) is 18.8. The highest BCUT2D eigenvalue weighted by Crippen LogP contribution is 2.33. The van der Waals surface area contributed by atoms with E-state index in [9.17, 15) is 10.2 Å². The lowest BCUT2D eigenvalue weighted by Crippen LogP contribution is -2.45. The SMILES string of the molecule is OCC[C@H](c1cc(O)ccc1Br)N1CCNCC1. The average molecular weight is 315 g/mol. The highest BCUT2D eigenvalue weighted by Gasteiger charge is 2.23. The Hall–Kier alpha value is -0.620. The van der Waals surface area contributed by atoms with Gasteiger partial charge in [-0.1, -0.05) is 15.9 Å². The molecule has 1 aromatic carbocycles. The van der Waals surface area contributed by atoms with E-state index in [0.717, 1.165) is 36.2 Å². The molecule has 0 saturated carbocycles. The summed E-state index contributed by atoms with van der Waals surface area (Å²) in [4.78, 5) is 2.35. The molecule has 4 nitrogen and oxygen atoms in total. The number of halogens is 1. The van der Waals surface area contributed by atoms with Gasteiger partial charge in [-0.25, -0.2) is 0 Å². The number of hydrogen-bond donors (Lipinski definition) is 3. The first-order valence-corrected chi connectivity index (χ1v) is 7.05. The second-order valence-electron chi connectivity index (χ2n) is 4.52. The van der Waals surface area contributed by atoms with Crippen molar-refractivity contribution in [2.75, 3.05) is 32.8 Å². The Bertz CT molecular complexity index is 395. The van der Waals surface area contributed by atoms with Gasteiger partial charge in [-0.05, 0) is 30.2 Å². The summed E-state index contributed by atoms with van der Waals surface area (Å²) in [5, 5.41) is 22.2. The molecule has 1 aromatic rings. The van der Waals surface area contributed by atoms with Crippen molar-refractivity contribution < 1.29 is 10.2 Å². The lowest BCUT2D eigenvalue weighted by atomic mass is 10.0. The molecule has 0 aliphatic carbocycles. The maximum Gasteiger partial charge on any atom is 0.115 e. The fourth-order valence-corrected chi connectivity index (χ4v) is 2.95. The van der Waals surface area contributed by atoms with Crippen molar-refractivity contribution in [1.29, 1.82) is 0 Å². The van der Waals surface area contributed by atoms with Crippen molar-refractivity contribution in [3.63, 3.8) is 0 Å². The molecule has 0 radical (unpaired) electrons. The van der Waals surface area contributed by atoms with Crippen LogP contribution in [0.4, 0.5) is 0 Å². The zero-order chi connectivity index (χ0) is 13.0. The molecule has 0 bridgehead atoms. The van der Waals surface area contributed by atoms with Crippen molar-refractivity contribution in [3.05, 3.63) is 28.2 Å². The zero-order valence-corrected chi connectivity index (χ0v) is 11.9.